The maximum atomic E-state index is 13.6. The summed E-state index contributed by atoms with van der Waals surface area (Å²) in [7, 11) is 0. The number of hydrogen-bond acceptors (Lipinski definition) is 8. The lowest BCUT2D eigenvalue weighted by molar-refractivity contribution is -0.145. The largest absolute Gasteiger partial charge is 0.451 e. The standard InChI is InChI=1S/C27H35ClF3N7O2/c1-2-36-7-9-38(10-8-36)23-6-3-19-21(35-23)5-4-20(28)24(19)25(39)32-17-22(37-11-13-40-14-12-37)18-15-33-26(34-16-18)27(29,30)31/h3,6,15-16,20,22,24H,2,4-5,7-14,17H2,1H3,(H,32,39). The molecule has 2 fully saturated rings. The minimum atomic E-state index is -4.62. The molecular formula is C27H35ClF3N7O2. The number of pyridine rings is 1. The van der Waals surface area contributed by atoms with E-state index in [2.05, 4.69) is 36.9 Å². The van der Waals surface area contributed by atoms with Crippen molar-refractivity contribution in [3.05, 3.63) is 47.2 Å². The van der Waals surface area contributed by atoms with E-state index in [0.29, 0.717) is 44.7 Å². The molecule has 2 aromatic rings. The molecule has 2 aromatic heterocycles. The van der Waals surface area contributed by atoms with Crippen molar-refractivity contribution in [1.82, 2.24) is 30.1 Å². The molecule has 0 bridgehead atoms. The summed E-state index contributed by atoms with van der Waals surface area (Å²) in [6.45, 7) is 9.35. The molecule has 0 saturated carbocycles. The Bertz CT molecular complexity index is 1160. The van der Waals surface area contributed by atoms with E-state index in [4.69, 9.17) is 21.3 Å². The average Bonchev–Trinajstić information content (AvgIpc) is 2.97. The monoisotopic (exact) mass is 581 g/mol. The zero-order chi connectivity index (χ0) is 28.3. The van der Waals surface area contributed by atoms with Crippen LogP contribution in [0.25, 0.3) is 0 Å². The van der Waals surface area contributed by atoms with Gasteiger partial charge in [0.15, 0.2) is 0 Å². The maximum absolute atomic E-state index is 13.6. The van der Waals surface area contributed by atoms with Gasteiger partial charge in [-0.3, -0.25) is 9.69 Å². The molecule has 0 aromatic carbocycles. The third kappa shape index (κ3) is 6.50. The highest BCUT2D eigenvalue weighted by Gasteiger charge is 2.37. The van der Waals surface area contributed by atoms with E-state index < -0.39 is 24.0 Å². The van der Waals surface area contributed by atoms with Gasteiger partial charge in [-0.05, 0) is 31.0 Å². The Morgan fingerprint density at radius 3 is 2.48 bits per heavy atom. The number of amides is 1. The number of carbonyl (C=O) groups excluding carboxylic acids is 1. The molecule has 3 atom stereocenters. The third-order valence-corrected chi connectivity index (χ3v) is 8.51. The number of fused-ring (bicyclic) bond motifs is 1. The number of morpholine rings is 1. The number of carbonyl (C=O) groups is 1. The number of nitrogens with one attached hydrogen (secondary N) is 1. The van der Waals surface area contributed by atoms with Crippen LogP contribution in [0.4, 0.5) is 19.0 Å². The molecule has 13 heteroatoms. The zero-order valence-electron chi connectivity index (χ0n) is 22.5. The lowest BCUT2D eigenvalue weighted by Crippen LogP contribution is -2.47. The molecule has 0 radical (unpaired) electrons. The molecule has 5 rings (SSSR count). The van der Waals surface area contributed by atoms with Crippen molar-refractivity contribution in [3.8, 4) is 0 Å². The number of rotatable bonds is 7. The summed E-state index contributed by atoms with van der Waals surface area (Å²) in [4.78, 5) is 32.3. The van der Waals surface area contributed by atoms with Gasteiger partial charge in [-0.25, -0.2) is 15.0 Å². The zero-order valence-corrected chi connectivity index (χ0v) is 23.3. The highest BCUT2D eigenvalue weighted by Crippen LogP contribution is 2.36. The van der Waals surface area contributed by atoms with Crippen LogP contribution in [0.2, 0.25) is 0 Å². The fourth-order valence-electron chi connectivity index (χ4n) is 5.71. The fourth-order valence-corrected chi connectivity index (χ4v) is 6.06. The van der Waals surface area contributed by atoms with Gasteiger partial charge in [-0.15, -0.1) is 11.6 Å². The molecule has 218 valence electrons. The minimum Gasteiger partial charge on any atom is -0.379 e. The molecule has 40 heavy (non-hydrogen) atoms. The Labute approximate surface area is 237 Å². The molecule has 0 spiro atoms. The van der Waals surface area contributed by atoms with Crippen molar-refractivity contribution in [2.24, 2.45) is 0 Å². The van der Waals surface area contributed by atoms with E-state index in [0.717, 1.165) is 49.8 Å². The molecule has 4 heterocycles. The van der Waals surface area contributed by atoms with E-state index in [-0.39, 0.29) is 17.8 Å². The maximum Gasteiger partial charge on any atom is 0.451 e. The van der Waals surface area contributed by atoms with Crippen molar-refractivity contribution in [1.29, 1.82) is 0 Å². The number of likely N-dealkylation sites (N-methyl/N-ethyl adjacent to an activating group) is 1. The molecule has 3 aliphatic rings. The lowest BCUT2D eigenvalue weighted by atomic mass is 9.84. The highest BCUT2D eigenvalue weighted by molar-refractivity contribution is 6.23. The number of alkyl halides is 4. The minimum absolute atomic E-state index is 0.177. The van der Waals surface area contributed by atoms with E-state index in [1.807, 2.05) is 12.1 Å². The Balaban J connectivity index is 1.30. The lowest BCUT2D eigenvalue weighted by Gasteiger charge is -2.36. The normalized spacial score (nSPS) is 23.5. The number of piperazine rings is 1. The second kappa shape index (κ2) is 12.5. The third-order valence-electron chi connectivity index (χ3n) is 8.04. The van der Waals surface area contributed by atoms with Crippen molar-refractivity contribution < 1.29 is 22.7 Å². The van der Waals surface area contributed by atoms with Crippen molar-refractivity contribution >= 4 is 23.3 Å². The number of hydrogen-bond donors (Lipinski definition) is 1. The van der Waals surface area contributed by atoms with Crippen LogP contribution in [-0.4, -0.2) is 102 Å². The summed E-state index contributed by atoms with van der Waals surface area (Å²) in [5.74, 6) is -1.06. The number of nitrogens with zero attached hydrogens (tertiary/aromatic N) is 6. The van der Waals surface area contributed by atoms with Gasteiger partial charge in [0.1, 0.15) is 5.82 Å². The van der Waals surface area contributed by atoms with Crippen LogP contribution in [0.15, 0.2) is 24.5 Å². The van der Waals surface area contributed by atoms with Gasteiger partial charge < -0.3 is 19.9 Å². The summed E-state index contributed by atoms with van der Waals surface area (Å²) in [5.41, 5.74) is 2.23. The van der Waals surface area contributed by atoms with Gasteiger partial charge in [0.2, 0.25) is 11.7 Å². The van der Waals surface area contributed by atoms with E-state index in [1.165, 1.54) is 12.4 Å². The van der Waals surface area contributed by atoms with Crippen LogP contribution in [0.5, 0.6) is 0 Å². The topological polar surface area (TPSA) is 86.7 Å². The van der Waals surface area contributed by atoms with Gasteiger partial charge >= 0.3 is 6.18 Å². The van der Waals surface area contributed by atoms with Crippen LogP contribution >= 0.6 is 11.6 Å². The molecule has 2 aliphatic heterocycles. The predicted octanol–water partition coefficient (Wildman–Crippen LogP) is 2.86. The first-order chi connectivity index (χ1) is 19.2. The Morgan fingerprint density at radius 1 is 1.12 bits per heavy atom. The van der Waals surface area contributed by atoms with Crippen LogP contribution < -0.4 is 10.2 Å². The van der Waals surface area contributed by atoms with Crippen molar-refractivity contribution in [2.75, 3.05) is 70.5 Å². The van der Waals surface area contributed by atoms with Gasteiger partial charge in [-0.2, -0.15) is 13.2 Å². The van der Waals surface area contributed by atoms with Gasteiger partial charge in [0, 0.05) is 74.8 Å². The Kier molecular flexibility index (Phi) is 9.08. The van der Waals surface area contributed by atoms with Crippen LogP contribution in [0.1, 0.15) is 47.9 Å². The van der Waals surface area contributed by atoms with Crippen LogP contribution in [-0.2, 0) is 22.1 Å². The number of halogens is 4. The van der Waals surface area contributed by atoms with E-state index >= 15 is 0 Å². The molecule has 3 unspecified atom stereocenters. The molecule has 2 saturated heterocycles. The number of anilines is 1. The summed E-state index contributed by atoms with van der Waals surface area (Å²) >= 11 is 6.71. The molecule has 9 nitrogen and oxygen atoms in total. The van der Waals surface area contributed by atoms with Gasteiger partial charge in [-0.1, -0.05) is 13.0 Å². The smallest absolute Gasteiger partial charge is 0.379 e. The molecular weight excluding hydrogens is 547 g/mol. The van der Waals surface area contributed by atoms with Crippen LogP contribution in [0, 0.1) is 0 Å². The second-order valence-corrected chi connectivity index (χ2v) is 11.0. The second-order valence-electron chi connectivity index (χ2n) is 10.4. The summed E-state index contributed by atoms with van der Waals surface area (Å²) in [6, 6.07) is 3.55. The van der Waals surface area contributed by atoms with E-state index in [1.54, 1.807) is 0 Å². The van der Waals surface area contributed by atoms with Crippen LogP contribution in [0.3, 0.4) is 0 Å². The Morgan fingerprint density at radius 2 is 1.82 bits per heavy atom. The van der Waals surface area contributed by atoms with Crippen molar-refractivity contribution in [3.63, 3.8) is 0 Å². The first-order valence-corrected chi connectivity index (χ1v) is 14.3. The number of ether oxygens (including phenoxy) is 1. The van der Waals surface area contributed by atoms with Gasteiger partial charge in [0.25, 0.3) is 0 Å². The highest BCUT2D eigenvalue weighted by atomic mass is 35.5. The number of aryl methyl sites for hydroxylation is 1. The Hall–Kier alpha value is -2.54. The first kappa shape index (κ1) is 29.0. The fraction of sp³-hybridized carbons (Fsp3) is 0.630. The summed E-state index contributed by atoms with van der Waals surface area (Å²) in [5, 5.41) is 2.64. The molecule has 1 aliphatic carbocycles. The van der Waals surface area contributed by atoms with E-state index in [9.17, 15) is 18.0 Å². The van der Waals surface area contributed by atoms with Gasteiger partial charge in [0.05, 0.1) is 25.2 Å². The first-order valence-electron chi connectivity index (χ1n) is 13.8. The number of aromatic nitrogens is 3. The SMILES string of the molecule is CCN1CCN(c2ccc3c(n2)CCC(Cl)C3C(=O)NCC(c2cnc(C(F)(F)F)nc2)N2CCOCC2)CC1. The quantitative estimate of drug-likeness (QED) is 0.500. The summed E-state index contributed by atoms with van der Waals surface area (Å²) in [6.07, 6.45) is -0.910. The average molecular weight is 582 g/mol. The summed E-state index contributed by atoms with van der Waals surface area (Å²) < 4.78 is 44.5. The predicted molar refractivity (Wildman–Crippen MR) is 144 cm³/mol. The van der Waals surface area contributed by atoms with Crippen molar-refractivity contribution in [2.45, 2.75) is 43.3 Å². The molecule has 1 N–H and O–H groups in total. The molecule has 1 amide bonds.